The van der Waals surface area contributed by atoms with Crippen LogP contribution in [0.1, 0.15) is 20.8 Å². The second kappa shape index (κ2) is 7.05. The molecule has 2 aromatic carbocycles. The zero-order valence-corrected chi connectivity index (χ0v) is 15.1. The highest BCUT2D eigenvalue weighted by molar-refractivity contribution is 9.10. The lowest BCUT2D eigenvalue weighted by molar-refractivity contribution is 0.104. The Morgan fingerprint density at radius 3 is 2.52 bits per heavy atom. The Labute approximate surface area is 155 Å². The minimum absolute atomic E-state index is 0.0965. The van der Waals surface area contributed by atoms with Crippen LogP contribution >= 0.6 is 27.3 Å². The summed E-state index contributed by atoms with van der Waals surface area (Å²) in [5, 5.41) is 12.6. The molecule has 0 spiro atoms. The average molecular weight is 416 g/mol. The summed E-state index contributed by atoms with van der Waals surface area (Å²) in [4.78, 5) is 12.9. The van der Waals surface area contributed by atoms with Crippen molar-refractivity contribution in [1.29, 1.82) is 5.26 Å². The summed E-state index contributed by atoms with van der Waals surface area (Å²) in [7, 11) is 0. The number of nitrogen functional groups attached to an aromatic ring is 1. The van der Waals surface area contributed by atoms with Crippen molar-refractivity contribution in [3.63, 3.8) is 0 Å². The third-order valence-electron chi connectivity index (χ3n) is 3.49. The number of anilines is 3. The number of carbonyl (C=O) groups is 1. The normalized spacial score (nSPS) is 10.3. The number of nitrogens with zero attached hydrogens (tertiary/aromatic N) is 1. The molecule has 3 N–H and O–H groups in total. The van der Waals surface area contributed by atoms with Gasteiger partial charge in [0.05, 0.1) is 11.4 Å². The van der Waals surface area contributed by atoms with Gasteiger partial charge in [0.1, 0.15) is 27.3 Å². The summed E-state index contributed by atoms with van der Waals surface area (Å²) in [6.45, 7) is 0. The van der Waals surface area contributed by atoms with E-state index < -0.39 is 5.82 Å². The van der Waals surface area contributed by atoms with Crippen LogP contribution in [-0.2, 0) is 0 Å². The fourth-order valence-electron chi connectivity index (χ4n) is 2.23. The van der Waals surface area contributed by atoms with Gasteiger partial charge >= 0.3 is 0 Å². The number of nitriles is 1. The summed E-state index contributed by atoms with van der Waals surface area (Å²) in [6, 6.07) is 14.9. The number of ketones is 1. The van der Waals surface area contributed by atoms with Crippen LogP contribution < -0.4 is 11.1 Å². The maximum absolute atomic E-state index is 13.8. The number of nitrogens with two attached hydrogens (primary N) is 1. The topological polar surface area (TPSA) is 78.9 Å². The average Bonchev–Trinajstić information content (AvgIpc) is 2.92. The second-order valence-corrected chi connectivity index (χ2v) is 7.04. The van der Waals surface area contributed by atoms with Crippen LogP contribution in [0.15, 0.2) is 53.0 Å². The molecule has 3 aromatic rings. The fraction of sp³-hybridized carbons (Fsp3) is 0. The van der Waals surface area contributed by atoms with Gasteiger partial charge in [0.25, 0.3) is 0 Å². The van der Waals surface area contributed by atoms with Gasteiger partial charge in [0.2, 0.25) is 5.78 Å². The highest BCUT2D eigenvalue weighted by Gasteiger charge is 2.22. The summed E-state index contributed by atoms with van der Waals surface area (Å²) < 4.78 is 14.7. The third kappa shape index (κ3) is 3.40. The van der Waals surface area contributed by atoms with Crippen molar-refractivity contribution in [2.75, 3.05) is 11.1 Å². The van der Waals surface area contributed by atoms with E-state index in [2.05, 4.69) is 21.2 Å². The summed E-state index contributed by atoms with van der Waals surface area (Å²) in [5.41, 5.74) is 6.90. The highest BCUT2D eigenvalue weighted by Crippen LogP contribution is 2.38. The van der Waals surface area contributed by atoms with Crippen LogP contribution in [0.2, 0.25) is 0 Å². The number of hydrogen-bond donors (Lipinski definition) is 2. The van der Waals surface area contributed by atoms with Crippen LogP contribution in [0.3, 0.4) is 0 Å². The molecule has 0 saturated carbocycles. The number of para-hydroxylation sites is 1. The first kappa shape index (κ1) is 17.1. The molecule has 25 heavy (non-hydrogen) atoms. The largest absolute Gasteiger partial charge is 0.396 e. The molecule has 0 bridgehead atoms. The van der Waals surface area contributed by atoms with Gasteiger partial charge in [-0.2, -0.15) is 5.26 Å². The Hall–Kier alpha value is -2.69. The molecular formula is C18H11BrFN3OS. The summed E-state index contributed by atoms with van der Waals surface area (Å²) in [5.74, 6) is -0.743. The predicted molar refractivity (Wildman–Crippen MR) is 101 cm³/mol. The van der Waals surface area contributed by atoms with Gasteiger partial charge in [-0.15, -0.1) is 11.3 Å². The zero-order valence-electron chi connectivity index (χ0n) is 12.7. The predicted octanol–water partition coefficient (Wildman–Crippen LogP) is 5.08. The molecule has 124 valence electrons. The van der Waals surface area contributed by atoms with Gasteiger partial charge in [0.15, 0.2) is 0 Å². The lowest BCUT2D eigenvalue weighted by Crippen LogP contribution is -2.02. The van der Waals surface area contributed by atoms with Crippen molar-refractivity contribution in [3.8, 4) is 6.07 Å². The number of carbonyl (C=O) groups excluding carboxylic acids is 1. The minimum atomic E-state index is -0.459. The molecule has 1 aromatic heterocycles. The molecule has 0 aliphatic rings. The number of halogens is 2. The zero-order chi connectivity index (χ0) is 18.0. The van der Waals surface area contributed by atoms with E-state index in [0.717, 1.165) is 15.8 Å². The Kier molecular flexibility index (Phi) is 4.83. The lowest BCUT2D eigenvalue weighted by Gasteiger charge is -2.05. The molecule has 7 heteroatoms. The molecule has 0 aliphatic heterocycles. The molecule has 0 fully saturated rings. The van der Waals surface area contributed by atoms with Gasteiger partial charge in [0, 0.05) is 10.0 Å². The molecule has 0 aliphatic carbocycles. The number of rotatable bonds is 4. The Morgan fingerprint density at radius 1 is 1.20 bits per heavy atom. The van der Waals surface area contributed by atoms with Gasteiger partial charge in [-0.25, -0.2) is 4.39 Å². The smallest absolute Gasteiger partial charge is 0.205 e. The molecule has 0 unspecified atom stereocenters. The molecule has 3 rings (SSSR count). The van der Waals surface area contributed by atoms with Crippen LogP contribution in [0, 0.1) is 17.1 Å². The van der Waals surface area contributed by atoms with Gasteiger partial charge < -0.3 is 11.1 Å². The second-order valence-electron chi connectivity index (χ2n) is 5.10. The monoisotopic (exact) mass is 415 g/mol. The first-order valence-electron chi connectivity index (χ1n) is 7.15. The van der Waals surface area contributed by atoms with Crippen LogP contribution in [0.25, 0.3) is 0 Å². The SMILES string of the molecule is N#Cc1c(Nc2ccccc2F)sc(C(=O)c2ccc(Br)cc2)c1N. The van der Waals surface area contributed by atoms with E-state index in [9.17, 15) is 14.4 Å². The first-order chi connectivity index (χ1) is 12.0. The van der Waals surface area contributed by atoms with Crippen molar-refractivity contribution in [3.05, 3.63) is 74.8 Å². The van der Waals surface area contributed by atoms with Gasteiger partial charge in [-0.1, -0.05) is 28.1 Å². The van der Waals surface area contributed by atoms with E-state index in [1.54, 1.807) is 42.5 Å². The third-order valence-corrected chi connectivity index (χ3v) is 5.14. The molecule has 0 radical (unpaired) electrons. The number of benzene rings is 2. The van der Waals surface area contributed by atoms with E-state index in [0.29, 0.717) is 10.6 Å². The van der Waals surface area contributed by atoms with Crippen LogP contribution in [-0.4, -0.2) is 5.78 Å². The van der Waals surface area contributed by atoms with E-state index in [1.165, 1.54) is 6.07 Å². The number of thiophene rings is 1. The Balaban J connectivity index is 2.01. The Bertz CT molecular complexity index is 993. The van der Waals surface area contributed by atoms with Crippen molar-refractivity contribution in [2.45, 2.75) is 0 Å². The van der Waals surface area contributed by atoms with Crippen molar-refractivity contribution >= 4 is 49.4 Å². The molecule has 0 amide bonds. The van der Waals surface area contributed by atoms with Gasteiger partial charge in [-0.3, -0.25) is 4.79 Å². The summed E-state index contributed by atoms with van der Waals surface area (Å²) in [6.07, 6.45) is 0. The van der Waals surface area contributed by atoms with Crippen LogP contribution in [0.5, 0.6) is 0 Å². The van der Waals surface area contributed by atoms with Crippen molar-refractivity contribution in [2.24, 2.45) is 0 Å². The van der Waals surface area contributed by atoms with Crippen molar-refractivity contribution in [1.82, 2.24) is 0 Å². The molecule has 0 atom stereocenters. The molecule has 1 heterocycles. The van der Waals surface area contributed by atoms with Gasteiger partial charge in [-0.05, 0) is 36.4 Å². The number of nitrogens with one attached hydrogen (secondary N) is 1. The van der Waals surface area contributed by atoms with E-state index >= 15 is 0 Å². The standard InChI is InChI=1S/C18H11BrFN3OS/c19-11-7-5-10(6-8-11)16(24)17-15(22)12(9-21)18(25-17)23-14-4-2-1-3-13(14)20/h1-8,23H,22H2. The van der Waals surface area contributed by atoms with E-state index in [1.807, 2.05) is 6.07 Å². The first-order valence-corrected chi connectivity index (χ1v) is 8.76. The highest BCUT2D eigenvalue weighted by atomic mass is 79.9. The lowest BCUT2D eigenvalue weighted by atomic mass is 10.1. The molecule has 4 nitrogen and oxygen atoms in total. The summed E-state index contributed by atoms with van der Waals surface area (Å²) >= 11 is 4.35. The molecular weight excluding hydrogens is 405 g/mol. The quantitative estimate of drug-likeness (QED) is 0.582. The molecule has 0 saturated heterocycles. The Morgan fingerprint density at radius 2 is 1.88 bits per heavy atom. The van der Waals surface area contributed by atoms with Crippen molar-refractivity contribution < 1.29 is 9.18 Å². The van der Waals surface area contributed by atoms with E-state index in [4.69, 9.17) is 5.73 Å². The minimum Gasteiger partial charge on any atom is -0.396 e. The maximum Gasteiger partial charge on any atom is 0.205 e. The van der Waals surface area contributed by atoms with E-state index in [-0.39, 0.29) is 27.6 Å². The fourth-order valence-corrected chi connectivity index (χ4v) is 3.54. The maximum atomic E-state index is 13.8. The van der Waals surface area contributed by atoms with Crippen LogP contribution in [0.4, 0.5) is 20.8 Å². The number of hydrogen-bond acceptors (Lipinski definition) is 5.